The molecule has 134 valence electrons. The number of rotatable bonds is 4. The monoisotopic (exact) mass is 352 g/mol. The highest BCUT2D eigenvalue weighted by Crippen LogP contribution is 2.37. The lowest BCUT2D eigenvalue weighted by Gasteiger charge is -2.23. The standard InChI is InChI=1S/C19H20N4O3/c1-11-17(12(2)26-22-11)10-25-14-6-4-13(5-7-14)15-8-18(24)21-19-16(15)9-20-23(19)3/h4-7,9,15H,8,10H2,1-3H3,(H,21,24)/t15-/m0/s1. The van der Waals surface area contributed by atoms with Crippen molar-refractivity contribution >= 4 is 11.7 Å². The van der Waals surface area contributed by atoms with Gasteiger partial charge in [0, 0.05) is 24.9 Å². The van der Waals surface area contributed by atoms with Gasteiger partial charge in [-0.3, -0.25) is 9.48 Å². The van der Waals surface area contributed by atoms with Crippen LogP contribution < -0.4 is 10.1 Å². The SMILES string of the molecule is Cc1noc(C)c1COc1ccc([C@@H]2CC(=O)Nc3c2cnn3C)cc1. The highest BCUT2D eigenvalue weighted by Gasteiger charge is 2.29. The molecule has 1 amide bonds. The van der Waals surface area contributed by atoms with Gasteiger partial charge in [0.05, 0.1) is 17.5 Å². The zero-order valence-corrected chi connectivity index (χ0v) is 14.9. The van der Waals surface area contributed by atoms with Gasteiger partial charge in [-0.1, -0.05) is 17.3 Å². The minimum atomic E-state index is 0.00376. The molecule has 26 heavy (non-hydrogen) atoms. The highest BCUT2D eigenvalue weighted by atomic mass is 16.5. The number of amides is 1. The van der Waals surface area contributed by atoms with Crippen molar-refractivity contribution in [1.82, 2.24) is 14.9 Å². The van der Waals surface area contributed by atoms with E-state index in [4.69, 9.17) is 9.26 Å². The van der Waals surface area contributed by atoms with Gasteiger partial charge in [0.1, 0.15) is 23.9 Å². The third-order valence-electron chi connectivity index (χ3n) is 4.84. The van der Waals surface area contributed by atoms with Crippen LogP contribution in [0.1, 0.15) is 40.5 Å². The van der Waals surface area contributed by atoms with E-state index in [0.717, 1.165) is 39.7 Å². The van der Waals surface area contributed by atoms with Crippen LogP contribution in [0, 0.1) is 13.8 Å². The molecule has 7 heteroatoms. The van der Waals surface area contributed by atoms with Gasteiger partial charge in [-0.25, -0.2) is 0 Å². The van der Waals surface area contributed by atoms with E-state index in [1.807, 2.05) is 51.4 Å². The predicted molar refractivity (Wildman–Crippen MR) is 95.0 cm³/mol. The first-order valence-corrected chi connectivity index (χ1v) is 8.49. The van der Waals surface area contributed by atoms with Gasteiger partial charge in [-0.15, -0.1) is 0 Å². The molecule has 1 aromatic carbocycles. The Morgan fingerprint density at radius 2 is 2.08 bits per heavy atom. The summed E-state index contributed by atoms with van der Waals surface area (Å²) in [6, 6.07) is 7.86. The molecule has 2 aromatic heterocycles. The van der Waals surface area contributed by atoms with Crippen LogP contribution in [0.2, 0.25) is 0 Å². The van der Waals surface area contributed by atoms with Crippen LogP contribution in [0.15, 0.2) is 35.0 Å². The first-order valence-electron chi connectivity index (χ1n) is 8.49. The van der Waals surface area contributed by atoms with Crippen molar-refractivity contribution in [3.05, 3.63) is 58.6 Å². The number of ether oxygens (including phenoxy) is 1. The molecule has 0 bridgehead atoms. The summed E-state index contributed by atoms with van der Waals surface area (Å²) in [7, 11) is 1.83. The van der Waals surface area contributed by atoms with Crippen molar-refractivity contribution in [2.45, 2.75) is 32.8 Å². The maximum Gasteiger partial charge on any atom is 0.226 e. The molecule has 0 aliphatic carbocycles. The molecule has 0 fully saturated rings. The summed E-state index contributed by atoms with van der Waals surface area (Å²) >= 11 is 0. The Bertz CT molecular complexity index is 936. The lowest BCUT2D eigenvalue weighted by Crippen LogP contribution is -2.24. The summed E-state index contributed by atoms with van der Waals surface area (Å²) in [6.45, 7) is 4.19. The molecule has 1 atom stereocenters. The number of nitrogens with one attached hydrogen (secondary N) is 1. The minimum absolute atomic E-state index is 0.00376. The van der Waals surface area contributed by atoms with Gasteiger partial charge < -0.3 is 14.6 Å². The van der Waals surface area contributed by atoms with Crippen molar-refractivity contribution in [2.24, 2.45) is 7.05 Å². The van der Waals surface area contributed by atoms with Crippen molar-refractivity contribution in [1.29, 1.82) is 0 Å². The topological polar surface area (TPSA) is 82.2 Å². The average molecular weight is 352 g/mol. The van der Waals surface area contributed by atoms with Gasteiger partial charge in [0.15, 0.2) is 0 Å². The first kappa shape index (κ1) is 16.4. The lowest BCUT2D eigenvalue weighted by molar-refractivity contribution is -0.116. The molecule has 0 unspecified atom stereocenters. The molecule has 1 aliphatic heterocycles. The number of carbonyl (C=O) groups excluding carboxylic acids is 1. The lowest BCUT2D eigenvalue weighted by atomic mass is 9.87. The Kier molecular flexibility index (Phi) is 3.99. The van der Waals surface area contributed by atoms with E-state index in [1.54, 1.807) is 4.68 Å². The van der Waals surface area contributed by atoms with E-state index in [-0.39, 0.29) is 11.8 Å². The number of anilines is 1. The van der Waals surface area contributed by atoms with E-state index in [1.165, 1.54) is 0 Å². The average Bonchev–Trinajstić information content (AvgIpc) is 3.16. The molecule has 7 nitrogen and oxygen atoms in total. The number of hydrogen-bond donors (Lipinski definition) is 1. The number of nitrogens with zero attached hydrogens (tertiary/aromatic N) is 3. The number of benzene rings is 1. The predicted octanol–water partition coefficient (Wildman–Crippen LogP) is 3.08. The van der Waals surface area contributed by atoms with E-state index < -0.39 is 0 Å². The summed E-state index contributed by atoms with van der Waals surface area (Å²) in [5.41, 5.74) is 3.92. The van der Waals surface area contributed by atoms with Gasteiger partial charge in [-0.05, 0) is 31.5 Å². The molecule has 0 saturated heterocycles. The quantitative estimate of drug-likeness (QED) is 0.780. The number of aryl methyl sites for hydroxylation is 3. The second kappa shape index (κ2) is 6.33. The Balaban J connectivity index is 1.52. The fraction of sp³-hybridized carbons (Fsp3) is 0.316. The van der Waals surface area contributed by atoms with Crippen LogP contribution in [-0.2, 0) is 18.4 Å². The molecule has 0 spiro atoms. The molecule has 0 radical (unpaired) electrons. The van der Waals surface area contributed by atoms with Crippen molar-refractivity contribution < 1.29 is 14.1 Å². The Hall–Kier alpha value is -3.09. The van der Waals surface area contributed by atoms with Crippen molar-refractivity contribution in [2.75, 3.05) is 5.32 Å². The molecule has 0 saturated carbocycles. The molecule has 3 aromatic rings. The van der Waals surface area contributed by atoms with Crippen LogP contribution in [0.5, 0.6) is 5.75 Å². The summed E-state index contributed by atoms with van der Waals surface area (Å²) < 4.78 is 12.7. The van der Waals surface area contributed by atoms with Gasteiger partial charge in [0.2, 0.25) is 5.91 Å². The smallest absolute Gasteiger partial charge is 0.226 e. The third-order valence-corrected chi connectivity index (χ3v) is 4.84. The Morgan fingerprint density at radius 1 is 1.31 bits per heavy atom. The maximum absolute atomic E-state index is 12.0. The first-order chi connectivity index (χ1) is 12.5. The van der Waals surface area contributed by atoms with Crippen LogP contribution in [0.3, 0.4) is 0 Å². The summed E-state index contributed by atoms with van der Waals surface area (Å²) in [6.07, 6.45) is 2.24. The molecular formula is C19H20N4O3. The number of aromatic nitrogens is 3. The maximum atomic E-state index is 12.0. The van der Waals surface area contributed by atoms with Crippen LogP contribution in [0.25, 0.3) is 0 Å². The van der Waals surface area contributed by atoms with E-state index in [0.29, 0.717) is 13.0 Å². The zero-order chi connectivity index (χ0) is 18.3. The summed E-state index contributed by atoms with van der Waals surface area (Å²) in [4.78, 5) is 12.0. The molecule has 1 N–H and O–H groups in total. The number of carbonyl (C=O) groups is 1. The van der Waals surface area contributed by atoms with Crippen molar-refractivity contribution in [3.8, 4) is 5.75 Å². The second-order valence-corrected chi connectivity index (χ2v) is 6.54. The molecule has 4 rings (SSSR count). The van der Waals surface area contributed by atoms with Gasteiger partial charge in [0.25, 0.3) is 0 Å². The summed E-state index contributed by atoms with van der Waals surface area (Å²) in [5.74, 6) is 2.32. The minimum Gasteiger partial charge on any atom is -0.489 e. The van der Waals surface area contributed by atoms with E-state index >= 15 is 0 Å². The van der Waals surface area contributed by atoms with Crippen LogP contribution in [-0.4, -0.2) is 20.8 Å². The number of fused-ring (bicyclic) bond motifs is 1. The van der Waals surface area contributed by atoms with Gasteiger partial charge in [-0.2, -0.15) is 5.10 Å². The Morgan fingerprint density at radius 3 is 2.77 bits per heavy atom. The normalized spacial score (nSPS) is 16.3. The molecular weight excluding hydrogens is 332 g/mol. The summed E-state index contributed by atoms with van der Waals surface area (Å²) in [5, 5.41) is 11.1. The van der Waals surface area contributed by atoms with Crippen LogP contribution in [0.4, 0.5) is 5.82 Å². The highest BCUT2D eigenvalue weighted by molar-refractivity contribution is 5.94. The molecule has 1 aliphatic rings. The Labute approximate surface area is 150 Å². The second-order valence-electron chi connectivity index (χ2n) is 6.54. The fourth-order valence-electron chi connectivity index (χ4n) is 3.30. The van der Waals surface area contributed by atoms with Crippen LogP contribution >= 0.6 is 0 Å². The van der Waals surface area contributed by atoms with E-state index in [2.05, 4.69) is 15.6 Å². The van der Waals surface area contributed by atoms with Crippen molar-refractivity contribution in [3.63, 3.8) is 0 Å². The molecule has 3 heterocycles. The van der Waals surface area contributed by atoms with Gasteiger partial charge >= 0.3 is 0 Å². The fourth-order valence-corrected chi connectivity index (χ4v) is 3.30. The van der Waals surface area contributed by atoms with E-state index in [9.17, 15) is 4.79 Å². The number of hydrogen-bond acceptors (Lipinski definition) is 5. The zero-order valence-electron chi connectivity index (χ0n) is 14.9. The largest absolute Gasteiger partial charge is 0.489 e. The third kappa shape index (κ3) is 2.85.